The van der Waals surface area contributed by atoms with E-state index in [9.17, 15) is 18.0 Å². The zero-order valence-corrected chi connectivity index (χ0v) is 17.4. The number of carbonyl (C=O) groups excluding carboxylic acids is 1. The Kier molecular flexibility index (Phi) is 6.24. The first-order valence-corrected chi connectivity index (χ1v) is 10.7. The van der Waals surface area contributed by atoms with Gasteiger partial charge in [-0.3, -0.25) is 9.69 Å². The summed E-state index contributed by atoms with van der Waals surface area (Å²) in [6.45, 7) is 2.72. The van der Waals surface area contributed by atoms with E-state index in [2.05, 4.69) is 15.2 Å². The van der Waals surface area contributed by atoms with Gasteiger partial charge in [0.25, 0.3) is 0 Å². The van der Waals surface area contributed by atoms with Crippen LogP contribution >= 0.6 is 11.3 Å². The lowest BCUT2D eigenvalue weighted by Gasteiger charge is -2.34. The summed E-state index contributed by atoms with van der Waals surface area (Å²) in [6, 6.07) is 15.1. The molecule has 1 saturated heterocycles. The van der Waals surface area contributed by atoms with Crippen molar-refractivity contribution >= 4 is 28.1 Å². The zero-order valence-electron chi connectivity index (χ0n) is 16.6. The van der Waals surface area contributed by atoms with Crippen LogP contribution in [0.25, 0.3) is 10.4 Å². The number of nitrogens with zero attached hydrogens (tertiary/aromatic N) is 3. The number of amides is 1. The number of anilines is 2. The Morgan fingerprint density at radius 1 is 1.00 bits per heavy atom. The van der Waals surface area contributed by atoms with E-state index in [1.165, 1.54) is 18.2 Å². The maximum atomic E-state index is 13.1. The van der Waals surface area contributed by atoms with Gasteiger partial charge >= 0.3 is 6.18 Å². The number of para-hydroxylation sites is 1. The second-order valence-corrected chi connectivity index (χ2v) is 8.24. The summed E-state index contributed by atoms with van der Waals surface area (Å²) in [5.74, 6) is -0.453. The number of hydrogen-bond acceptors (Lipinski definition) is 5. The number of hydrogen-bond donors (Lipinski definition) is 1. The monoisotopic (exact) mass is 446 g/mol. The second-order valence-electron chi connectivity index (χ2n) is 7.23. The van der Waals surface area contributed by atoms with Gasteiger partial charge in [0.05, 0.1) is 22.7 Å². The van der Waals surface area contributed by atoms with E-state index in [1.807, 2.05) is 41.4 Å². The standard InChI is InChI=1S/C22H21F3N4OS/c23-22(24,25)17-8-4-5-9-18(17)27-20(30)15-28-10-12-29(13-11-28)21-26-14-19(31-21)16-6-2-1-3-7-16/h1-9,14H,10-13,15H2,(H,27,30). The molecule has 3 aromatic rings. The van der Waals surface area contributed by atoms with Crippen molar-refractivity contribution in [1.29, 1.82) is 0 Å². The van der Waals surface area contributed by atoms with Crippen molar-refractivity contribution in [3.05, 3.63) is 66.4 Å². The molecular weight excluding hydrogens is 425 g/mol. The molecule has 1 aromatic heterocycles. The minimum Gasteiger partial charge on any atom is -0.346 e. The van der Waals surface area contributed by atoms with Gasteiger partial charge in [0.1, 0.15) is 0 Å². The number of aromatic nitrogens is 1. The highest BCUT2D eigenvalue weighted by Crippen LogP contribution is 2.34. The molecule has 1 aliphatic rings. The van der Waals surface area contributed by atoms with Gasteiger partial charge < -0.3 is 10.2 Å². The number of rotatable bonds is 5. The highest BCUT2D eigenvalue weighted by Gasteiger charge is 2.33. The van der Waals surface area contributed by atoms with E-state index in [-0.39, 0.29) is 12.2 Å². The fourth-order valence-electron chi connectivity index (χ4n) is 3.48. The summed E-state index contributed by atoms with van der Waals surface area (Å²) in [5, 5.41) is 3.34. The second kappa shape index (κ2) is 9.07. The third-order valence-corrected chi connectivity index (χ3v) is 6.18. The molecule has 1 N–H and O–H groups in total. The molecule has 162 valence electrons. The number of benzene rings is 2. The highest BCUT2D eigenvalue weighted by atomic mass is 32.1. The van der Waals surface area contributed by atoms with E-state index in [0.29, 0.717) is 26.2 Å². The van der Waals surface area contributed by atoms with Crippen molar-refractivity contribution in [3.8, 4) is 10.4 Å². The molecule has 1 aliphatic heterocycles. The normalized spacial score (nSPS) is 15.1. The Balaban J connectivity index is 1.31. The molecule has 0 atom stereocenters. The molecule has 9 heteroatoms. The summed E-state index contributed by atoms with van der Waals surface area (Å²) < 4.78 is 39.3. The lowest BCUT2D eigenvalue weighted by atomic mass is 10.1. The van der Waals surface area contributed by atoms with Gasteiger partial charge in [0.15, 0.2) is 5.13 Å². The topological polar surface area (TPSA) is 48.5 Å². The Morgan fingerprint density at radius 2 is 1.68 bits per heavy atom. The molecule has 0 radical (unpaired) electrons. The lowest BCUT2D eigenvalue weighted by Crippen LogP contribution is -2.48. The van der Waals surface area contributed by atoms with Crippen LogP contribution in [0.1, 0.15) is 5.56 Å². The maximum Gasteiger partial charge on any atom is 0.418 e. The molecule has 2 aromatic carbocycles. The SMILES string of the molecule is O=C(CN1CCN(c2ncc(-c3ccccc3)s2)CC1)Nc1ccccc1C(F)(F)F. The lowest BCUT2D eigenvalue weighted by molar-refractivity contribution is -0.137. The van der Waals surface area contributed by atoms with Crippen molar-refractivity contribution in [2.45, 2.75) is 6.18 Å². The number of alkyl halides is 3. The molecule has 0 bridgehead atoms. The average Bonchev–Trinajstić information content (AvgIpc) is 3.25. The van der Waals surface area contributed by atoms with E-state index in [4.69, 9.17) is 0 Å². The van der Waals surface area contributed by atoms with Crippen LogP contribution in [0.2, 0.25) is 0 Å². The maximum absolute atomic E-state index is 13.1. The molecule has 1 amide bonds. The molecule has 31 heavy (non-hydrogen) atoms. The summed E-state index contributed by atoms with van der Waals surface area (Å²) in [7, 11) is 0. The van der Waals surface area contributed by atoms with Crippen LogP contribution < -0.4 is 10.2 Å². The number of thiazole rings is 1. The van der Waals surface area contributed by atoms with Crippen molar-refractivity contribution in [2.75, 3.05) is 42.9 Å². The summed E-state index contributed by atoms with van der Waals surface area (Å²) >= 11 is 1.62. The van der Waals surface area contributed by atoms with Gasteiger partial charge in [0.2, 0.25) is 5.91 Å². The van der Waals surface area contributed by atoms with Crippen molar-refractivity contribution in [2.24, 2.45) is 0 Å². The highest BCUT2D eigenvalue weighted by molar-refractivity contribution is 7.18. The number of piperazine rings is 1. The molecule has 0 spiro atoms. The Morgan fingerprint density at radius 3 is 2.39 bits per heavy atom. The fraction of sp³-hybridized carbons (Fsp3) is 0.273. The largest absolute Gasteiger partial charge is 0.418 e. The first-order valence-electron chi connectivity index (χ1n) is 9.85. The van der Waals surface area contributed by atoms with Crippen LogP contribution in [0.5, 0.6) is 0 Å². The Bertz CT molecular complexity index is 1030. The Labute approximate surface area is 182 Å². The zero-order chi connectivity index (χ0) is 21.8. The minimum atomic E-state index is -4.51. The van der Waals surface area contributed by atoms with Gasteiger partial charge in [-0.1, -0.05) is 53.8 Å². The molecule has 0 unspecified atom stereocenters. The van der Waals surface area contributed by atoms with Gasteiger partial charge in [-0.05, 0) is 17.7 Å². The number of halogens is 3. The molecule has 0 aliphatic carbocycles. The van der Waals surface area contributed by atoms with Crippen LogP contribution in [0.4, 0.5) is 24.0 Å². The van der Waals surface area contributed by atoms with Gasteiger partial charge in [-0.25, -0.2) is 4.98 Å². The first kappa shape index (κ1) is 21.3. The summed E-state index contributed by atoms with van der Waals surface area (Å²) in [4.78, 5) is 22.1. The number of carbonyl (C=O) groups is 1. The van der Waals surface area contributed by atoms with E-state index in [0.717, 1.165) is 21.6 Å². The van der Waals surface area contributed by atoms with Crippen LogP contribution in [0.3, 0.4) is 0 Å². The number of nitrogens with one attached hydrogen (secondary N) is 1. The summed E-state index contributed by atoms with van der Waals surface area (Å²) in [6.07, 6.45) is -2.64. The first-order chi connectivity index (χ1) is 14.9. The third-order valence-electron chi connectivity index (χ3n) is 5.07. The fourth-order valence-corrected chi connectivity index (χ4v) is 4.45. The van der Waals surface area contributed by atoms with E-state index in [1.54, 1.807) is 11.3 Å². The average molecular weight is 446 g/mol. The van der Waals surface area contributed by atoms with Crippen molar-refractivity contribution in [3.63, 3.8) is 0 Å². The van der Waals surface area contributed by atoms with Crippen molar-refractivity contribution < 1.29 is 18.0 Å². The smallest absolute Gasteiger partial charge is 0.346 e. The van der Waals surface area contributed by atoms with E-state index < -0.39 is 17.6 Å². The van der Waals surface area contributed by atoms with Crippen LogP contribution in [0.15, 0.2) is 60.8 Å². The summed E-state index contributed by atoms with van der Waals surface area (Å²) in [5.41, 5.74) is 0.0710. The molecule has 0 saturated carbocycles. The predicted octanol–water partition coefficient (Wildman–Crippen LogP) is 4.59. The van der Waals surface area contributed by atoms with Crippen LogP contribution in [0, 0.1) is 0 Å². The predicted molar refractivity (Wildman–Crippen MR) is 116 cm³/mol. The molecule has 2 heterocycles. The van der Waals surface area contributed by atoms with Gasteiger partial charge in [-0.2, -0.15) is 13.2 Å². The Hall–Kier alpha value is -2.91. The van der Waals surface area contributed by atoms with Gasteiger partial charge in [0, 0.05) is 32.4 Å². The molecular formula is C22H21F3N4OS. The molecule has 1 fully saturated rings. The quantitative estimate of drug-likeness (QED) is 0.623. The van der Waals surface area contributed by atoms with Crippen LogP contribution in [-0.4, -0.2) is 48.5 Å². The minimum absolute atomic E-state index is 0.0488. The molecule has 4 rings (SSSR count). The van der Waals surface area contributed by atoms with E-state index >= 15 is 0 Å². The van der Waals surface area contributed by atoms with Gasteiger partial charge in [-0.15, -0.1) is 0 Å². The molecule has 5 nitrogen and oxygen atoms in total. The van der Waals surface area contributed by atoms with Crippen LogP contribution in [-0.2, 0) is 11.0 Å². The third kappa shape index (κ3) is 5.23. The van der Waals surface area contributed by atoms with Crippen molar-refractivity contribution in [1.82, 2.24) is 9.88 Å².